The molecule has 10 nitrogen and oxygen atoms in total. The highest BCUT2D eigenvalue weighted by atomic mass is 28.4. The summed E-state index contributed by atoms with van der Waals surface area (Å²) in [6, 6.07) is 9.01. The Labute approximate surface area is 246 Å². The summed E-state index contributed by atoms with van der Waals surface area (Å²) in [7, 11) is 5.08. The third-order valence-electron chi connectivity index (χ3n) is 6.78. The van der Waals surface area contributed by atoms with Crippen LogP contribution in [0.1, 0.15) is 64.2 Å². The average molecular weight is 606 g/mol. The molecule has 1 rings (SSSR count). The molecule has 236 valence electrons. The second kappa shape index (κ2) is 25.6. The molecule has 12 heteroatoms. The fourth-order valence-corrected chi connectivity index (χ4v) is 7.74. The maximum atomic E-state index is 5.66. The number of benzene rings is 1. The van der Waals surface area contributed by atoms with Crippen molar-refractivity contribution in [1.29, 1.82) is 0 Å². The molecule has 40 heavy (non-hydrogen) atoms. The lowest BCUT2D eigenvalue weighted by atomic mass is 10.1. The third-order valence-corrected chi connectivity index (χ3v) is 12.4. The number of nitrogens with one attached hydrogen (secondary N) is 1. The fraction of sp³-hybridized carbons (Fsp3) is 0.786. The van der Waals surface area contributed by atoms with Crippen molar-refractivity contribution in [2.75, 3.05) is 74.6 Å². The Morgan fingerprint density at radius 3 is 1.57 bits per heavy atom. The Bertz CT molecular complexity index is 683. The van der Waals surface area contributed by atoms with Gasteiger partial charge < -0.3 is 48.1 Å². The first kappa shape index (κ1) is 38.9. The molecule has 0 aliphatic heterocycles. The van der Waals surface area contributed by atoms with Crippen LogP contribution < -0.4 is 21.5 Å². The molecule has 0 bridgehead atoms. The van der Waals surface area contributed by atoms with Gasteiger partial charge in [0.1, 0.15) is 5.75 Å². The predicted octanol–water partition coefficient (Wildman–Crippen LogP) is 4.84. The topological polar surface area (TPSA) is 129 Å². The van der Waals surface area contributed by atoms with Crippen LogP contribution in [-0.2, 0) is 26.6 Å². The fourth-order valence-electron chi connectivity index (χ4n) is 4.25. The molecule has 0 heterocycles. The monoisotopic (exact) mass is 605 g/mol. The van der Waals surface area contributed by atoms with Crippen LogP contribution in [0.4, 0.5) is 5.69 Å². The molecule has 0 spiro atoms. The zero-order chi connectivity index (χ0) is 30.0. The van der Waals surface area contributed by atoms with E-state index in [0.717, 1.165) is 50.3 Å². The highest BCUT2D eigenvalue weighted by Gasteiger charge is 2.37. The van der Waals surface area contributed by atoms with Gasteiger partial charge in [-0.3, -0.25) is 0 Å². The van der Waals surface area contributed by atoms with E-state index in [9.17, 15) is 0 Å². The minimum atomic E-state index is -2.47. The number of ether oxygens (including phenoxy) is 1. The van der Waals surface area contributed by atoms with Crippen molar-refractivity contribution >= 4 is 23.3 Å². The highest BCUT2D eigenvalue weighted by molar-refractivity contribution is 6.60. The number of nitrogens with two attached hydrogens (primary N) is 2. The lowest BCUT2D eigenvalue weighted by Crippen LogP contribution is -2.42. The second-order valence-electron chi connectivity index (χ2n) is 9.59. The molecule has 1 aromatic carbocycles. The van der Waals surface area contributed by atoms with Gasteiger partial charge in [-0.25, -0.2) is 0 Å². The zero-order valence-electron chi connectivity index (χ0n) is 26.1. The molecule has 0 amide bonds. The van der Waals surface area contributed by atoms with Crippen LogP contribution >= 0.6 is 0 Å². The van der Waals surface area contributed by atoms with Gasteiger partial charge in [0.15, 0.2) is 0 Å². The molecule has 5 N–H and O–H groups in total. The Balaban J connectivity index is 0.000000774. The van der Waals surface area contributed by atoms with E-state index in [0.29, 0.717) is 12.3 Å². The van der Waals surface area contributed by atoms with Gasteiger partial charge in [0.25, 0.3) is 0 Å². The van der Waals surface area contributed by atoms with Crippen LogP contribution in [-0.4, -0.2) is 86.5 Å². The third kappa shape index (κ3) is 18.4. The zero-order valence-corrected chi connectivity index (χ0v) is 28.1. The van der Waals surface area contributed by atoms with Gasteiger partial charge in [0.2, 0.25) is 0 Å². The van der Waals surface area contributed by atoms with E-state index in [1.165, 1.54) is 51.4 Å². The summed E-state index contributed by atoms with van der Waals surface area (Å²) >= 11 is 0. The maximum Gasteiger partial charge on any atom is 0.500 e. The number of anilines is 1. The first-order valence-corrected chi connectivity index (χ1v) is 18.5. The molecule has 1 aromatic rings. The lowest BCUT2D eigenvalue weighted by molar-refractivity contribution is 0.121. The van der Waals surface area contributed by atoms with Crippen LogP contribution in [0, 0.1) is 0 Å². The van der Waals surface area contributed by atoms with Crippen LogP contribution in [0.15, 0.2) is 24.3 Å². The summed E-state index contributed by atoms with van der Waals surface area (Å²) in [5.74, 6) is 0.773. The Morgan fingerprint density at radius 2 is 1.10 bits per heavy atom. The van der Waals surface area contributed by atoms with Gasteiger partial charge in [0.05, 0.1) is 6.61 Å². The Morgan fingerprint density at radius 1 is 0.625 bits per heavy atom. The van der Waals surface area contributed by atoms with Crippen molar-refractivity contribution in [3.8, 4) is 5.75 Å². The normalized spacial score (nSPS) is 11.8. The van der Waals surface area contributed by atoms with E-state index in [-0.39, 0.29) is 0 Å². The number of nitrogen functional groups attached to an aromatic ring is 1. The molecule has 0 aromatic heterocycles. The molecule has 0 radical (unpaired) electrons. The van der Waals surface area contributed by atoms with Gasteiger partial charge in [-0.15, -0.1) is 0 Å². The van der Waals surface area contributed by atoms with E-state index in [1.807, 2.05) is 18.2 Å². The van der Waals surface area contributed by atoms with Crippen molar-refractivity contribution in [3.05, 3.63) is 24.3 Å². The molecular weight excluding hydrogens is 546 g/mol. The molecule has 0 unspecified atom stereocenters. The van der Waals surface area contributed by atoms with Gasteiger partial charge in [-0.1, -0.05) is 51.0 Å². The van der Waals surface area contributed by atoms with Crippen molar-refractivity contribution < 1.29 is 31.3 Å². The molecule has 0 fully saturated rings. The number of unbranched alkanes of at least 4 members (excludes halogenated alkanes) is 8. The van der Waals surface area contributed by atoms with Crippen LogP contribution in [0.2, 0.25) is 12.1 Å². The summed E-state index contributed by atoms with van der Waals surface area (Å²) in [6.07, 6.45) is 12.5. The van der Waals surface area contributed by atoms with E-state index in [1.54, 1.807) is 48.7 Å². The second-order valence-corrected chi connectivity index (χ2v) is 15.8. The largest absolute Gasteiger partial charge is 0.500 e. The van der Waals surface area contributed by atoms with Gasteiger partial charge in [-0.05, 0) is 37.9 Å². The lowest BCUT2D eigenvalue weighted by Gasteiger charge is -2.24. The summed E-state index contributed by atoms with van der Waals surface area (Å²) in [6.45, 7) is 3.37. The minimum Gasteiger partial charge on any atom is -0.494 e. The van der Waals surface area contributed by atoms with Crippen LogP contribution in [0.5, 0.6) is 5.75 Å². The predicted molar refractivity (Wildman–Crippen MR) is 168 cm³/mol. The van der Waals surface area contributed by atoms with Crippen molar-refractivity contribution in [1.82, 2.24) is 5.32 Å². The maximum absolute atomic E-state index is 5.66. The van der Waals surface area contributed by atoms with Gasteiger partial charge >= 0.3 is 17.6 Å². The molecule has 0 atom stereocenters. The summed E-state index contributed by atoms with van der Waals surface area (Å²) in [4.78, 5) is 0. The number of hydrogen-bond donors (Lipinski definition) is 3. The molecule has 0 saturated heterocycles. The molecule has 0 aliphatic rings. The summed E-state index contributed by atoms with van der Waals surface area (Å²) in [5, 5.41) is 3.33. The quantitative estimate of drug-likeness (QED) is 0.0809. The average Bonchev–Trinajstić information content (AvgIpc) is 2.99. The van der Waals surface area contributed by atoms with E-state index < -0.39 is 17.6 Å². The standard InChI is InChI=1S/C16H38N2O3Si.C12H21NO4Si/c1-19-22(20-2,21-3)16-12-10-8-6-4-5-7-9-11-14-18-15-13-17;1-14-18(15-2,16-3)9-5-8-17-12-7-4-6-11(13)10-12/h18H,4-17H2,1-3H3;4,6-7,10H,5,8-9,13H2,1-3H3. The number of hydrogen-bond acceptors (Lipinski definition) is 10. The summed E-state index contributed by atoms with van der Waals surface area (Å²) in [5.41, 5.74) is 11.8. The van der Waals surface area contributed by atoms with Crippen LogP contribution in [0.25, 0.3) is 0 Å². The Kier molecular flexibility index (Phi) is 24.9. The first-order chi connectivity index (χ1) is 19.4. The minimum absolute atomic E-state index is 0.578. The first-order valence-electron chi connectivity index (χ1n) is 14.6. The highest BCUT2D eigenvalue weighted by Crippen LogP contribution is 2.19. The van der Waals surface area contributed by atoms with E-state index in [2.05, 4.69) is 5.32 Å². The van der Waals surface area contributed by atoms with Gasteiger partial charge in [0, 0.05) is 79.6 Å². The molecule has 0 aliphatic carbocycles. The van der Waals surface area contributed by atoms with Crippen molar-refractivity contribution in [2.24, 2.45) is 5.73 Å². The van der Waals surface area contributed by atoms with E-state index >= 15 is 0 Å². The molecule has 0 saturated carbocycles. The van der Waals surface area contributed by atoms with Crippen molar-refractivity contribution in [2.45, 2.75) is 76.3 Å². The number of rotatable bonds is 25. The SMILES string of the molecule is CO[Si](CCCCCCCCCCCNCCN)(OC)OC.CO[Si](CCCOc1cccc(N)c1)(OC)OC. The smallest absolute Gasteiger partial charge is 0.494 e. The molecular formula is C28H59N3O7Si2. The van der Waals surface area contributed by atoms with Crippen LogP contribution in [0.3, 0.4) is 0 Å². The van der Waals surface area contributed by atoms with Gasteiger partial charge in [-0.2, -0.15) is 0 Å². The Hall–Kier alpha value is -1.07. The summed E-state index contributed by atoms with van der Waals surface area (Å²) < 4.78 is 37.8. The van der Waals surface area contributed by atoms with E-state index in [4.69, 9.17) is 42.8 Å². The van der Waals surface area contributed by atoms with Crippen molar-refractivity contribution in [3.63, 3.8) is 0 Å².